The van der Waals surface area contributed by atoms with E-state index < -0.39 is 11.7 Å². The Morgan fingerprint density at radius 2 is 1.81 bits per heavy atom. The molecule has 2 aromatic carbocycles. The average molecular weight is 611 g/mol. The fourth-order valence-electron chi connectivity index (χ4n) is 3.70. The van der Waals surface area contributed by atoms with Crippen molar-refractivity contribution in [3.05, 3.63) is 64.3 Å². The number of para-hydroxylation sites is 1. The summed E-state index contributed by atoms with van der Waals surface area (Å²) in [4.78, 5) is 38.5. The zero-order valence-corrected chi connectivity index (χ0v) is 25.9. The summed E-state index contributed by atoms with van der Waals surface area (Å²) in [6.07, 6.45) is 1.12. The Bertz CT molecular complexity index is 1470. The summed E-state index contributed by atoms with van der Waals surface area (Å²) in [5.74, 6) is 0.354. The van der Waals surface area contributed by atoms with Crippen LogP contribution in [0.25, 0.3) is 10.9 Å². The van der Waals surface area contributed by atoms with Gasteiger partial charge in [0.1, 0.15) is 29.5 Å². The zero-order chi connectivity index (χ0) is 32.0. The van der Waals surface area contributed by atoms with E-state index in [9.17, 15) is 19.6 Å². The number of aryl methyl sites for hydroxylation is 1. The third-order valence-corrected chi connectivity index (χ3v) is 6.06. The maximum Gasteiger partial charge on any atom is 0.405 e. The Morgan fingerprint density at radius 3 is 2.44 bits per heavy atom. The summed E-state index contributed by atoms with van der Waals surface area (Å²) in [5, 5.41) is 19.3. The van der Waals surface area contributed by atoms with Crippen LogP contribution in [0.1, 0.15) is 57.4 Å². The number of nitrogens with one attached hydrogen (secondary N) is 3. The molecule has 0 radical (unpaired) electrons. The number of hydrogen-bond acceptors (Lipinski definition) is 8. The molecule has 0 atom stereocenters. The van der Waals surface area contributed by atoms with E-state index >= 15 is 0 Å². The maximum atomic E-state index is 12.2. The fourth-order valence-corrected chi connectivity index (χ4v) is 3.91. The van der Waals surface area contributed by atoms with E-state index in [1.807, 2.05) is 44.2 Å². The molecule has 0 bridgehead atoms. The second kappa shape index (κ2) is 16.8. The largest absolute Gasteiger partial charge is 0.487 e. The van der Waals surface area contributed by atoms with Gasteiger partial charge in [-0.15, -0.1) is 0 Å². The number of fused-ring (bicyclic) bond motifs is 1. The van der Waals surface area contributed by atoms with Crippen LogP contribution >= 0.6 is 11.6 Å². The Kier molecular flexibility index (Phi) is 13.5. The number of aromatic nitrogens is 1. The SMILES string of the molecule is CC(C)(C)OC(N)=O.CCCCNC(=O)NCC(=O)CNc1ccc(Cl)c(COc2cccc3ccc(C)nc23)c1C#N. The lowest BCUT2D eigenvalue weighted by molar-refractivity contribution is -0.116. The predicted octanol–water partition coefficient (Wildman–Crippen LogP) is 5.61. The van der Waals surface area contributed by atoms with E-state index in [-0.39, 0.29) is 31.5 Å². The van der Waals surface area contributed by atoms with Crippen molar-refractivity contribution >= 4 is 46.1 Å². The van der Waals surface area contributed by atoms with Crippen molar-refractivity contribution in [1.82, 2.24) is 15.6 Å². The minimum Gasteiger partial charge on any atom is -0.487 e. The number of nitrogens with zero attached hydrogens (tertiary/aromatic N) is 2. The number of halogens is 1. The van der Waals surface area contributed by atoms with Crippen LogP contribution in [0.15, 0.2) is 42.5 Å². The first-order chi connectivity index (χ1) is 20.3. The standard InChI is InChI=1S/C26H28ClN5O3.C5H11NO2/c1-3-4-12-29-26(34)31-15-19(33)14-30-23-11-10-22(27)21(20(23)13-28)16-35-24-7-5-6-18-9-8-17(2)32-25(18)24;1-5(2,3)8-4(6)7/h5-11,30H,3-4,12,14-16H2,1-2H3,(H2,29,31,34);1-3H3,(H2,6,7). The first-order valence-electron chi connectivity index (χ1n) is 13.8. The monoisotopic (exact) mass is 610 g/mol. The molecule has 0 aliphatic heterocycles. The van der Waals surface area contributed by atoms with Crippen LogP contribution in [-0.4, -0.2) is 48.1 Å². The topological polar surface area (TPSA) is 168 Å². The van der Waals surface area contributed by atoms with Crippen molar-refractivity contribution in [2.24, 2.45) is 5.73 Å². The van der Waals surface area contributed by atoms with E-state index in [4.69, 9.17) is 22.1 Å². The first kappa shape index (κ1) is 34.6. The lowest BCUT2D eigenvalue weighted by Crippen LogP contribution is -2.40. The van der Waals surface area contributed by atoms with Crippen LogP contribution in [-0.2, 0) is 16.1 Å². The molecule has 0 saturated heterocycles. The van der Waals surface area contributed by atoms with Crippen LogP contribution in [0.3, 0.4) is 0 Å². The van der Waals surface area contributed by atoms with Crippen molar-refractivity contribution in [3.63, 3.8) is 0 Å². The lowest BCUT2D eigenvalue weighted by atomic mass is 10.1. The number of anilines is 1. The third-order valence-electron chi connectivity index (χ3n) is 5.71. The minimum atomic E-state index is -0.725. The number of pyridine rings is 1. The quantitative estimate of drug-likeness (QED) is 0.203. The Balaban J connectivity index is 0.000000708. The molecule has 0 aliphatic carbocycles. The number of amides is 3. The number of nitrogens with two attached hydrogens (primary N) is 1. The highest BCUT2D eigenvalue weighted by atomic mass is 35.5. The van der Waals surface area contributed by atoms with Crippen molar-refractivity contribution in [1.29, 1.82) is 5.26 Å². The van der Waals surface area contributed by atoms with Crippen molar-refractivity contribution in [2.75, 3.05) is 25.0 Å². The number of rotatable bonds is 11. The van der Waals surface area contributed by atoms with Gasteiger partial charge in [-0.05, 0) is 58.4 Å². The van der Waals surface area contributed by atoms with E-state index in [0.717, 1.165) is 29.4 Å². The Hall–Kier alpha value is -4.56. The highest BCUT2D eigenvalue weighted by Crippen LogP contribution is 2.30. The molecule has 0 spiro atoms. The van der Waals surface area contributed by atoms with Gasteiger partial charge in [0, 0.05) is 28.2 Å². The van der Waals surface area contributed by atoms with Gasteiger partial charge in [-0.25, -0.2) is 14.6 Å². The highest BCUT2D eigenvalue weighted by molar-refractivity contribution is 6.31. The van der Waals surface area contributed by atoms with Crippen molar-refractivity contribution in [3.8, 4) is 11.8 Å². The zero-order valence-electron chi connectivity index (χ0n) is 25.2. The van der Waals surface area contributed by atoms with Crippen LogP contribution in [0.2, 0.25) is 5.02 Å². The molecular weight excluding hydrogens is 572 g/mol. The number of urea groups is 1. The number of carbonyl (C=O) groups excluding carboxylic acids is 3. The van der Waals surface area contributed by atoms with Crippen molar-refractivity contribution < 1.29 is 23.9 Å². The molecule has 12 heteroatoms. The number of hydrogen-bond donors (Lipinski definition) is 4. The molecule has 3 aromatic rings. The first-order valence-corrected chi connectivity index (χ1v) is 14.2. The summed E-state index contributed by atoms with van der Waals surface area (Å²) < 4.78 is 10.6. The van der Waals surface area contributed by atoms with E-state index in [1.54, 1.807) is 32.9 Å². The number of ketones is 1. The molecule has 11 nitrogen and oxygen atoms in total. The normalized spacial score (nSPS) is 10.5. The average Bonchev–Trinajstić information content (AvgIpc) is 2.93. The third kappa shape index (κ3) is 12.1. The smallest absolute Gasteiger partial charge is 0.405 e. The van der Waals surface area contributed by atoms with Gasteiger partial charge < -0.3 is 31.2 Å². The number of ether oxygens (including phenoxy) is 2. The van der Waals surface area contributed by atoms with Crippen LogP contribution in [0, 0.1) is 18.3 Å². The molecule has 0 saturated carbocycles. The molecule has 0 aliphatic rings. The number of carbonyl (C=O) groups is 3. The molecule has 5 N–H and O–H groups in total. The van der Waals surface area contributed by atoms with E-state index in [2.05, 4.69) is 31.7 Å². The van der Waals surface area contributed by atoms with Crippen LogP contribution in [0.4, 0.5) is 15.3 Å². The summed E-state index contributed by atoms with van der Waals surface area (Å²) >= 11 is 6.39. The number of nitriles is 1. The number of primary amides is 1. The van der Waals surface area contributed by atoms with Gasteiger partial charge in [0.05, 0.1) is 24.3 Å². The summed E-state index contributed by atoms with van der Waals surface area (Å²) in [6.45, 7) is 9.66. The fraction of sp³-hybridized carbons (Fsp3) is 0.387. The molecule has 230 valence electrons. The highest BCUT2D eigenvalue weighted by Gasteiger charge is 2.16. The molecule has 0 unspecified atom stereocenters. The summed E-state index contributed by atoms with van der Waals surface area (Å²) in [7, 11) is 0. The van der Waals surface area contributed by atoms with Gasteiger partial charge in [0.2, 0.25) is 0 Å². The second-order valence-corrected chi connectivity index (χ2v) is 10.9. The Labute approximate surface area is 257 Å². The van der Waals surface area contributed by atoms with Crippen LogP contribution in [0.5, 0.6) is 5.75 Å². The van der Waals surface area contributed by atoms with Gasteiger partial charge in [-0.1, -0.05) is 43.1 Å². The molecule has 3 rings (SSSR count). The second-order valence-electron chi connectivity index (χ2n) is 10.5. The molecular formula is C31H39ClN6O5. The Morgan fingerprint density at radius 1 is 1.07 bits per heavy atom. The number of Topliss-reactive ketones (excluding diaryl/α,β-unsaturated/α-hetero) is 1. The molecule has 0 fully saturated rings. The van der Waals surface area contributed by atoms with Crippen LogP contribution < -0.4 is 26.4 Å². The van der Waals surface area contributed by atoms with E-state index in [1.165, 1.54) is 0 Å². The predicted molar refractivity (Wildman–Crippen MR) is 167 cm³/mol. The van der Waals surface area contributed by atoms with Gasteiger partial charge in [0.25, 0.3) is 0 Å². The van der Waals surface area contributed by atoms with Gasteiger partial charge in [-0.3, -0.25) is 4.79 Å². The van der Waals surface area contributed by atoms with Gasteiger partial charge in [-0.2, -0.15) is 5.26 Å². The molecule has 43 heavy (non-hydrogen) atoms. The summed E-state index contributed by atoms with van der Waals surface area (Å²) in [6, 6.07) is 14.6. The summed E-state index contributed by atoms with van der Waals surface area (Å²) in [5.41, 5.74) is 7.12. The van der Waals surface area contributed by atoms with Gasteiger partial charge >= 0.3 is 12.1 Å². The number of unbranched alkanes of at least 4 members (excludes halogenated alkanes) is 1. The molecule has 1 aromatic heterocycles. The molecule has 1 heterocycles. The number of benzene rings is 2. The maximum absolute atomic E-state index is 12.2. The van der Waals surface area contributed by atoms with Gasteiger partial charge in [0.15, 0.2) is 5.78 Å². The van der Waals surface area contributed by atoms with E-state index in [0.29, 0.717) is 34.1 Å². The minimum absolute atomic E-state index is 0.0550. The van der Waals surface area contributed by atoms with Crippen molar-refractivity contribution in [2.45, 2.75) is 59.7 Å². The lowest BCUT2D eigenvalue weighted by Gasteiger charge is -2.16. The molecule has 3 amide bonds.